The molecule has 0 fully saturated rings. The van der Waals surface area contributed by atoms with Gasteiger partial charge in [-0.25, -0.2) is 0 Å². The minimum Gasteiger partial charge on any atom is -0.393 e. The van der Waals surface area contributed by atoms with Crippen molar-refractivity contribution >= 4 is 17.9 Å². The Labute approximate surface area is 144 Å². The fourth-order valence-corrected chi connectivity index (χ4v) is 2.41. The summed E-state index contributed by atoms with van der Waals surface area (Å²) in [6, 6.07) is 8.85. The Morgan fingerprint density at radius 1 is 1.21 bits per heavy atom. The van der Waals surface area contributed by atoms with Gasteiger partial charge in [-0.15, -0.1) is 0 Å². The molecule has 0 spiro atoms. The number of hydrogen-bond acceptors (Lipinski definition) is 3. The predicted octanol–water partition coefficient (Wildman–Crippen LogP) is 2.12. The fourth-order valence-electron chi connectivity index (χ4n) is 2.41. The molecule has 0 aliphatic rings. The van der Waals surface area contributed by atoms with Crippen molar-refractivity contribution in [3.8, 4) is 0 Å². The second kappa shape index (κ2) is 9.23. The number of carbonyl (C=O) groups is 2. The maximum Gasteiger partial charge on any atom is 0.244 e. The van der Waals surface area contributed by atoms with Crippen LogP contribution in [0.4, 0.5) is 0 Å². The number of hydrogen-bond donors (Lipinski definition) is 3. The summed E-state index contributed by atoms with van der Waals surface area (Å²) in [5.41, 5.74) is 0.713. The van der Waals surface area contributed by atoms with Crippen LogP contribution in [0, 0.1) is 5.41 Å². The summed E-state index contributed by atoms with van der Waals surface area (Å²) >= 11 is 0. The van der Waals surface area contributed by atoms with E-state index in [2.05, 4.69) is 10.6 Å². The summed E-state index contributed by atoms with van der Waals surface area (Å²) in [6.07, 6.45) is 3.29. The van der Waals surface area contributed by atoms with E-state index in [1.807, 2.05) is 44.2 Å². The molecule has 0 bridgehead atoms. The zero-order valence-corrected chi connectivity index (χ0v) is 14.9. The maximum atomic E-state index is 12.1. The Kier molecular flexibility index (Phi) is 7.65. The first-order valence-electron chi connectivity index (χ1n) is 8.19. The van der Waals surface area contributed by atoms with Gasteiger partial charge in [0.2, 0.25) is 11.8 Å². The molecule has 2 amide bonds. The van der Waals surface area contributed by atoms with Crippen LogP contribution < -0.4 is 10.6 Å². The average Bonchev–Trinajstić information content (AvgIpc) is 2.50. The van der Waals surface area contributed by atoms with E-state index in [4.69, 9.17) is 0 Å². The lowest BCUT2D eigenvalue weighted by Crippen LogP contribution is -2.47. The molecule has 0 heterocycles. The summed E-state index contributed by atoms with van der Waals surface area (Å²) in [7, 11) is 0. The number of rotatable bonds is 8. The Morgan fingerprint density at radius 3 is 2.42 bits per heavy atom. The van der Waals surface area contributed by atoms with Gasteiger partial charge in [0.15, 0.2) is 0 Å². The summed E-state index contributed by atoms with van der Waals surface area (Å²) in [4.78, 5) is 23.9. The lowest BCUT2D eigenvalue weighted by molar-refractivity contribution is -0.127. The first kappa shape index (κ1) is 19.9. The Balaban J connectivity index is 2.43. The largest absolute Gasteiger partial charge is 0.393 e. The monoisotopic (exact) mass is 332 g/mol. The van der Waals surface area contributed by atoms with Gasteiger partial charge < -0.3 is 15.7 Å². The van der Waals surface area contributed by atoms with Crippen LogP contribution in [0.3, 0.4) is 0 Å². The first-order chi connectivity index (χ1) is 11.2. The van der Waals surface area contributed by atoms with Crippen LogP contribution in [-0.4, -0.2) is 35.6 Å². The van der Waals surface area contributed by atoms with Gasteiger partial charge in [-0.3, -0.25) is 9.59 Å². The van der Waals surface area contributed by atoms with Gasteiger partial charge in [-0.2, -0.15) is 0 Å². The van der Waals surface area contributed by atoms with E-state index >= 15 is 0 Å². The van der Waals surface area contributed by atoms with Crippen molar-refractivity contribution in [1.82, 2.24) is 10.6 Å². The van der Waals surface area contributed by atoms with Gasteiger partial charge >= 0.3 is 0 Å². The molecule has 2 atom stereocenters. The van der Waals surface area contributed by atoms with Crippen LogP contribution in [0.25, 0.3) is 6.08 Å². The molecule has 1 aromatic rings. The van der Waals surface area contributed by atoms with Crippen molar-refractivity contribution in [3.05, 3.63) is 42.0 Å². The molecule has 0 aliphatic heterocycles. The highest BCUT2D eigenvalue weighted by molar-refractivity contribution is 5.95. The molecular weight excluding hydrogens is 304 g/mol. The highest BCUT2D eigenvalue weighted by atomic mass is 16.3. The van der Waals surface area contributed by atoms with E-state index < -0.39 is 12.1 Å². The standard InChI is InChI=1S/C19H28N2O3/c1-14(22)12-19(3,4)13-20-18(24)15(2)21-17(23)11-10-16-8-6-5-7-9-16/h5-11,14-15,22H,12-13H2,1-4H3,(H,20,24)(H,21,23). The van der Waals surface area contributed by atoms with E-state index in [-0.39, 0.29) is 17.2 Å². The maximum absolute atomic E-state index is 12.1. The smallest absolute Gasteiger partial charge is 0.244 e. The molecule has 1 aromatic carbocycles. The molecule has 0 radical (unpaired) electrons. The molecule has 0 saturated heterocycles. The van der Waals surface area contributed by atoms with E-state index in [0.717, 1.165) is 5.56 Å². The molecule has 1 rings (SSSR count). The van der Waals surface area contributed by atoms with Crippen molar-refractivity contribution < 1.29 is 14.7 Å². The van der Waals surface area contributed by atoms with Gasteiger partial charge in [0.25, 0.3) is 0 Å². The van der Waals surface area contributed by atoms with Crippen LogP contribution in [0.5, 0.6) is 0 Å². The quantitative estimate of drug-likeness (QED) is 0.638. The van der Waals surface area contributed by atoms with Crippen molar-refractivity contribution in [2.24, 2.45) is 5.41 Å². The third-order valence-corrected chi connectivity index (χ3v) is 3.57. The summed E-state index contributed by atoms with van der Waals surface area (Å²) in [5.74, 6) is -0.556. The van der Waals surface area contributed by atoms with E-state index in [0.29, 0.717) is 13.0 Å². The van der Waals surface area contributed by atoms with Gasteiger partial charge in [0, 0.05) is 12.6 Å². The minimum absolute atomic E-state index is 0.208. The van der Waals surface area contributed by atoms with Gasteiger partial charge in [0.05, 0.1) is 6.10 Å². The third-order valence-electron chi connectivity index (χ3n) is 3.57. The van der Waals surface area contributed by atoms with Crippen LogP contribution in [0.15, 0.2) is 36.4 Å². The van der Waals surface area contributed by atoms with Crippen LogP contribution >= 0.6 is 0 Å². The molecular formula is C19H28N2O3. The topological polar surface area (TPSA) is 78.4 Å². The number of nitrogens with one attached hydrogen (secondary N) is 2. The molecule has 5 heteroatoms. The van der Waals surface area contributed by atoms with Gasteiger partial charge in [0.1, 0.15) is 6.04 Å². The SMILES string of the molecule is CC(O)CC(C)(C)CNC(=O)C(C)NC(=O)C=Cc1ccccc1. The average molecular weight is 332 g/mol. The number of carbonyl (C=O) groups excluding carboxylic acids is 2. The predicted molar refractivity (Wildman–Crippen MR) is 96.2 cm³/mol. The lowest BCUT2D eigenvalue weighted by atomic mass is 9.87. The second-order valence-corrected chi connectivity index (χ2v) is 6.91. The van der Waals surface area contributed by atoms with Crippen molar-refractivity contribution in [2.45, 2.75) is 46.3 Å². The number of aliphatic hydroxyl groups excluding tert-OH is 1. The zero-order chi connectivity index (χ0) is 18.2. The number of benzene rings is 1. The molecule has 0 aromatic heterocycles. The fraction of sp³-hybridized carbons (Fsp3) is 0.474. The summed E-state index contributed by atoms with van der Waals surface area (Å²) < 4.78 is 0. The molecule has 24 heavy (non-hydrogen) atoms. The van der Waals surface area contributed by atoms with Crippen molar-refractivity contribution in [3.63, 3.8) is 0 Å². The Hall–Kier alpha value is -2.14. The van der Waals surface area contributed by atoms with Crippen LogP contribution in [-0.2, 0) is 9.59 Å². The second-order valence-electron chi connectivity index (χ2n) is 6.91. The summed E-state index contributed by atoms with van der Waals surface area (Å²) in [5, 5.41) is 14.9. The highest BCUT2D eigenvalue weighted by Crippen LogP contribution is 2.20. The zero-order valence-electron chi connectivity index (χ0n) is 14.9. The van der Waals surface area contributed by atoms with Crippen LogP contribution in [0.2, 0.25) is 0 Å². The molecule has 5 nitrogen and oxygen atoms in total. The highest BCUT2D eigenvalue weighted by Gasteiger charge is 2.22. The van der Waals surface area contributed by atoms with Gasteiger partial charge in [-0.1, -0.05) is 44.2 Å². The van der Waals surface area contributed by atoms with Crippen LogP contribution in [0.1, 0.15) is 39.7 Å². The van der Waals surface area contributed by atoms with E-state index in [9.17, 15) is 14.7 Å². The molecule has 0 saturated carbocycles. The van der Waals surface area contributed by atoms with Crippen molar-refractivity contribution in [2.75, 3.05) is 6.54 Å². The first-order valence-corrected chi connectivity index (χ1v) is 8.19. The molecule has 3 N–H and O–H groups in total. The third kappa shape index (κ3) is 7.92. The number of amides is 2. The van der Waals surface area contributed by atoms with Gasteiger partial charge in [-0.05, 0) is 37.3 Å². The Bertz CT molecular complexity index is 565. The van der Waals surface area contributed by atoms with E-state index in [1.165, 1.54) is 6.08 Å². The van der Waals surface area contributed by atoms with E-state index in [1.54, 1.807) is 19.9 Å². The normalized spacial score (nSPS) is 14.2. The summed E-state index contributed by atoms with van der Waals surface area (Å²) in [6.45, 7) is 7.77. The number of aliphatic hydroxyl groups is 1. The Morgan fingerprint density at radius 2 is 1.83 bits per heavy atom. The van der Waals surface area contributed by atoms with Crippen molar-refractivity contribution in [1.29, 1.82) is 0 Å². The molecule has 132 valence electrons. The molecule has 0 aliphatic carbocycles. The minimum atomic E-state index is -0.625. The lowest BCUT2D eigenvalue weighted by Gasteiger charge is -2.27. The molecule has 2 unspecified atom stereocenters.